The third-order valence-corrected chi connectivity index (χ3v) is 4.55. The molecular weight excluding hydrogens is 324 g/mol. The monoisotopic (exact) mass is 342 g/mol. The number of rotatable bonds is 3. The molecule has 0 saturated carbocycles. The van der Waals surface area contributed by atoms with Gasteiger partial charge in [0, 0.05) is 17.9 Å². The van der Waals surface area contributed by atoms with Crippen LogP contribution >= 0.6 is 0 Å². The van der Waals surface area contributed by atoms with Crippen molar-refractivity contribution in [3.63, 3.8) is 0 Å². The van der Waals surface area contributed by atoms with Gasteiger partial charge in [0.05, 0.1) is 6.61 Å². The van der Waals surface area contributed by atoms with Gasteiger partial charge in [-0.1, -0.05) is 37.2 Å². The molecule has 0 radical (unpaired) electrons. The second-order valence-electron chi connectivity index (χ2n) is 6.52. The van der Waals surface area contributed by atoms with Gasteiger partial charge in [-0.3, -0.25) is 9.69 Å². The van der Waals surface area contributed by atoms with Crippen molar-refractivity contribution >= 4 is 11.9 Å². The number of hydrogen-bond donors (Lipinski definition) is 1. The Bertz CT molecular complexity index is 847. The van der Waals surface area contributed by atoms with E-state index in [1.54, 1.807) is 12.1 Å². The summed E-state index contributed by atoms with van der Waals surface area (Å²) in [6.45, 7) is 4.19. The number of imide groups is 1. The summed E-state index contributed by atoms with van der Waals surface area (Å²) >= 11 is 0. The Morgan fingerprint density at radius 1 is 1.32 bits per heavy atom. The standard InChI is InChI=1S/C17H18N4O4/c1-10(2)14-18-13(25-20-14)9-21-15(22)17(19-16(21)23)7-8-24-12-6-4-3-5-11(12)17/h3-6,10H,7-9H2,1-2H3,(H,19,23). The van der Waals surface area contributed by atoms with Gasteiger partial charge in [0.25, 0.3) is 5.91 Å². The number of benzene rings is 1. The maximum Gasteiger partial charge on any atom is 0.325 e. The molecule has 0 bridgehead atoms. The summed E-state index contributed by atoms with van der Waals surface area (Å²) in [5.74, 6) is 1.19. The second kappa shape index (κ2) is 5.58. The van der Waals surface area contributed by atoms with Crippen molar-refractivity contribution in [1.82, 2.24) is 20.4 Å². The first-order valence-corrected chi connectivity index (χ1v) is 8.20. The highest BCUT2D eigenvalue weighted by Crippen LogP contribution is 2.41. The van der Waals surface area contributed by atoms with Crippen LogP contribution < -0.4 is 10.1 Å². The smallest absolute Gasteiger partial charge is 0.325 e. The molecule has 1 aromatic carbocycles. The molecule has 130 valence electrons. The van der Waals surface area contributed by atoms with E-state index >= 15 is 0 Å². The maximum atomic E-state index is 13.1. The van der Waals surface area contributed by atoms with Crippen molar-refractivity contribution < 1.29 is 18.8 Å². The van der Waals surface area contributed by atoms with Crippen LogP contribution in [0.2, 0.25) is 0 Å². The summed E-state index contributed by atoms with van der Waals surface area (Å²) in [5.41, 5.74) is -0.414. The van der Waals surface area contributed by atoms with E-state index in [1.165, 1.54) is 0 Å². The molecule has 3 amide bonds. The predicted molar refractivity (Wildman–Crippen MR) is 85.7 cm³/mol. The molecule has 1 spiro atoms. The normalized spacial score (nSPS) is 22.3. The van der Waals surface area contributed by atoms with Gasteiger partial charge in [-0.15, -0.1) is 0 Å². The largest absolute Gasteiger partial charge is 0.493 e. The third kappa shape index (κ3) is 2.36. The molecule has 1 fully saturated rings. The average Bonchev–Trinajstić information content (AvgIpc) is 3.16. The molecule has 0 aliphatic carbocycles. The van der Waals surface area contributed by atoms with Crippen LogP contribution in [0.5, 0.6) is 5.75 Å². The van der Waals surface area contributed by atoms with Crippen molar-refractivity contribution in [3.8, 4) is 5.75 Å². The van der Waals surface area contributed by atoms with E-state index in [9.17, 15) is 9.59 Å². The summed E-state index contributed by atoms with van der Waals surface area (Å²) in [7, 11) is 0. The van der Waals surface area contributed by atoms with Crippen LogP contribution in [-0.2, 0) is 16.9 Å². The van der Waals surface area contributed by atoms with E-state index in [0.29, 0.717) is 30.2 Å². The molecule has 8 nitrogen and oxygen atoms in total. The molecule has 2 aliphatic heterocycles. The fourth-order valence-electron chi connectivity index (χ4n) is 3.22. The van der Waals surface area contributed by atoms with E-state index in [1.807, 2.05) is 26.0 Å². The van der Waals surface area contributed by atoms with Crippen LogP contribution in [0.25, 0.3) is 0 Å². The number of carbonyl (C=O) groups excluding carboxylic acids is 2. The number of aromatic nitrogens is 2. The van der Waals surface area contributed by atoms with E-state index in [-0.39, 0.29) is 24.3 Å². The molecule has 1 N–H and O–H groups in total. The minimum Gasteiger partial charge on any atom is -0.493 e. The molecule has 2 aromatic rings. The molecule has 1 unspecified atom stereocenters. The number of fused-ring (bicyclic) bond motifs is 2. The zero-order valence-corrected chi connectivity index (χ0v) is 14.0. The third-order valence-electron chi connectivity index (χ3n) is 4.55. The number of urea groups is 1. The summed E-state index contributed by atoms with van der Waals surface area (Å²) in [5, 5.41) is 6.71. The summed E-state index contributed by atoms with van der Waals surface area (Å²) < 4.78 is 10.8. The Morgan fingerprint density at radius 3 is 2.88 bits per heavy atom. The first-order chi connectivity index (χ1) is 12.0. The van der Waals surface area contributed by atoms with Crippen molar-refractivity contribution in [2.45, 2.75) is 38.3 Å². The Balaban J connectivity index is 1.65. The average molecular weight is 342 g/mol. The lowest BCUT2D eigenvalue weighted by Gasteiger charge is -2.33. The highest BCUT2D eigenvalue weighted by Gasteiger charge is 2.55. The first-order valence-electron chi connectivity index (χ1n) is 8.20. The van der Waals surface area contributed by atoms with Crippen LogP contribution in [0.15, 0.2) is 28.8 Å². The fourth-order valence-corrected chi connectivity index (χ4v) is 3.22. The van der Waals surface area contributed by atoms with Crippen LogP contribution in [0.1, 0.15) is 43.5 Å². The molecule has 25 heavy (non-hydrogen) atoms. The number of amides is 3. The summed E-state index contributed by atoms with van der Waals surface area (Å²) in [6, 6.07) is 6.80. The molecule has 1 aromatic heterocycles. The van der Waals surface area contributed by atoms with Gasteiger partial charge < -0.3 is 14.6 Å². The van der Waals surface area contributed by atoms with Crippen LogP contribution in [0.3, 0.4) is 0 Å². The van der Waals surface area contributed by atoms with Gasteiger partial charge in [-0.05, 0) is 6.07 Å². The predicted octanol–water partition coefficient (Wildman–Crippen LogP) is 1.92. The lowest BCUT2D eigenvalue weighted by Crippen LogP contribution is -2.47. The fraction of sp³-hybridized carbons (Fsp3) is 0.412. The topological polar surface area (TPSA) is 97.6 Å². The lowest BCUT2D eigenvalue weighted by molar-refractivity contribution is -0.133. The molecule has 8 heteroatoms. The minimum atomic E-state index is -1.09. The number of nitrogens with zero attached hydrogens (tertiary/aromatic N) is 3. The van der Waals surface area contributed by atoms with Gasteiger partial charge in [0.15, 0.2) is 11.4 Å². The van der Waals surface area contributed by atoms with Gasteiger partial charge in [0.1, 0.15) is 12.3 Å². The Kier molecular flexibility index (Phi) is 3.48. The highest BCUT2D eigenvalue weighted by molar-refractivity contribution is 6.07. The number of ether oxygens (including phenoxy) is 1. The quantitative estimate of drug-likeness (QED) is 0.856. The Labute approximate surface area is 144 Å². The Hall–Kier alpha value is -2.90. The molecule has 3 heterocycles. The highest BCUT2D eigenvalue weighted by atomic mass is 16.5. The summed E-state index contributed by atoms with van der Waals surface area (Å²) in [6.07, 6.45) is 0.381. The first kappa shape index (κ1) is 15.6. The van der Waals surface area contributed by atoms with Crippen molar-refractivity contribution in [2.24, 2.45) is 0 Å². The van der Waals surface area contributed by atoms with E-state index < -0.39 is 11.6 Å². The van der Waals surface area contributed by atoms with E-state index in [4.69, 9.17) is 9.26 Å². The number of hydrogen-bond acceptors (Lipinski definition) is 6. The van der Waals surface area contributed by atoms with Gasteiger partial charge in [-0.2, -0.15) is 4.98 Å². The maximum absolute atomic E-state index is 13.1. The van der Waals surface area contributed by atoms with Crippen molar-refractivity contribution in [2.75, 3.05) is 6.61 Å². The van der Waals surface area contributed by atoms with Gasteiger partial charge in [-0.25, -0.2) is 4.79 Å². The lowest BCUT2D eigenvalue weighted by atomic mass is 9.84. The molecule has 1 saturated heterocycles. The van der Waals surface area contributed by atoms with Crippen molar-refractivity contribution in [1.29, 1.82) is 0 Å². The summed E-state index contributed by atoms with van der Waals surface area (Å²) in [4.78, 5) is 30.9. The zero-order chi connectivity index (χ0) is 17.6. The molecular formula is C17H18N4O4. The van der Waals surface area contributed by atoms with Gasteiger partial charge in [0.2, 0.25) is 5.89 Å². The minimum absolute atomic E-state index is 0.0465. The molecule has 4 rings (SSSR count). The molecule has 1 atom stereocenters. The van der Waals surface area contributed by atoms with Crippen LogP contribution in [-0.4, -0.2) is 33.6 Å². The number of para-hydroxylation sites is 1. The van der Waals surface area contributed by atoms with E-state index in [0.717, 1.165) is 4.90 Å². The number of carbonyl (C=O) groups is 2. The second-order valence-corrected chi connectivity index (χ2v) is 6.52. The van der Waals surface area contributed by atoms with Crippen LogP contribution in [0, 0.1) is 0 Å². The van der Waals surface area contributed by atoms with Crippen LogP contribution in [0.4, 0.5) is 4.79 Å². The van der Waals surface area contributed by atoms with Crippen molar-refractivity contribution in [3.05, 3.63) is 41.5 Å². The van der Waals surface area contributed by atoms with E-state index in [2.05, 4.69) is 15.5 Å². The van der Waals surface area contributed by atoms with Gasteiger partial charge >= 0.3 is 6.03 Å². The SMILES string of the molecule is CC(C)c1noc(CN2C(=O)NC3(CCOc4ccccc43)C2=O)n1. The molecule has 2 aliphatic rings. The number of nitrogens with one attached hydrogen (secondary N) is 1. The zero-order valence-electron chi connectivity index (χ0n) is 14.0. The Morgan fingerprint density at radius 2 is 2.12 bits per heavy atom.